The van der Waals surface area contributed by atoms with Crippen molar-refractivity contribution in [1.82, 2.24) is 0 Å². The normalized spacial score (nSPS) is 10.5. The van der Waals surface area contributed by atoms with Crippen molar-refractivity contribution in [3.8, 4) is 11.1 Å². The second-order valence-electron chi connectivity index (χ2n) is 3.87. The van der Waals surface area contributed by atoms with E-state index in [0.717, 1.165) is 23.2 Å². The van der Waals surface area contributed by atoms with Crippen LogP contribution in [-0.4, -0.2) is 0 Å². The number of hydrogen-bond donors (Lipinski definition) is 1. The molecule has 0 saturated carbocycles. The lowest BCUT2D eigenvalue weighted by Crippen LogP contribution is -1.94. The minimum absolute atomic E-state index is 0.237. The van der Waals surface area contributed by atoms with Gasteiger partial charge in [-0.1, -0.05) is 25.1 Å². The Morgan fingerprint density at radius 3 is 2.71 bits per heavy atom. The summed E-state index contributed by atoms with van der Waals surface area (Å²) in [5.41, 5.74) is 9.09. The number of benzene rings is 2. The van der Waals surface area contributed by atoms with Crippen molar-refractivity contribution >= 4 is 21.6 Å². The molecule has 0 bridgehead atoms. The van der Waals surface area contributed by atoms with Crippen molar-refractivity contribution in [3.63, 3.8) is 0 Å². The van der Waals surface area contributed by atoms with Gasteiger partial charge in [-0.2, -0.15) is 0 Å². The summed E-state index contributed by atoms with van der Waals surface area (Å²) in [7, 11) is 0. The average Bonchev–Trinajstić information content (AvgIpc) is 2.34. The molecule has 1 nitrogen and oxygen atoms in total. The average molecular weight is 294 g/mol. The van der Waals surface area contributed by atoms with Crippen molar-refractivity contribution in [2.24, 2.45) is 0 Å². The van der Waals surface area contributed by atoms with Crippen LogP contribution in [0.25, 0.3) is 11.1 Å². The van der Waals surface area contributed by atoms with Crippen LogP contribution in [0.1, 0.15) is 12.5 Å². The lowest BCUT2D eigenvalue weighted by molar-refractivity contribution is 0.624. The minimum atomic E-state index is -0.237. The summed E-state index contributed by atoms with van der Waals surface area (Å²) in [6.07, 6.45) is 0.843. The Morgan fingerprint density at radius 2 is 2.00 bits per heavy atom. The zero-order chi connectivity index (χ0) is 12.4. The summed E-state index contributed by atoms with van der Waals surface area (Å²) < 4.78 is 14.4. The molecular weight excluding hydrogens is 281 g/mol. The van der Waals surface area contributed by atoms with Crippen molar-refractivity contribution in [2.45, 2.75) is 13.3 Å². The number of anilines is 1. The number of nitrogen functional groups attached to an aromatic ring is 1. The minimum Gasteiger partial charge on any atom is -0.399 e. The van der Waals surface area contributed by atoms with Gasteiger partial charge in [0, 0.05) is 11.3 Å². The van der Waals surface area contributed by atoms with Gasteiger partial charge in [0.1, 0.15) is 5.82 Å². The molecule has 0 aliphatic rings. The van der Waals surface area contributed by atoms with E-state index in [1.165, 1.54) is 0 Å². The predicted molar refractivity (Wildman–Crippen MR) is 73.3 cm³/mol. The molecule has 0 atom stereocenters. The molecule has 0 amide bonds. The Kier molecular flexibility index (Phi) is 3.48. The van der Waals surface area contributed by atoms with Gasteiger partial charge in [0.05, 0.1) is 4.47 Å². The van der Waals surface area contributed by atoms with Gasteiger partial charge in [-0.05, 0) is 51.7 Å². The van der Waals surface area contributed by atoms with Gasteiger partial charge in [-0.15, -0.1) is 0 Å². The topological polar surface area (TPSA) is 26.0 Å². The third-order valence-electron chi connectivity index (χ3n) is 2.79. The first-order valence-corrected chi connectivity index (χ1v) is 6.25. The molecule has 2 rings (SSSR count). The van der Waals surface area contributed by atoms with Crippen molar-refractivity contribution < 1.29 is 4.39 Å². The fraction of sp³-hybridized carbons (Fsp3) is 0.143. The molecule has 0 unspecified atom stereocenters. The second-order valence-corrected chi connectivity index (χ2v) is 4.72. The van der Waals surface area contributed by atoms with Crippen LogP contribution in [0.3, 0.4) is 0 Å². The second kappa shape index (κ2) is 4.88. The molecule has 2 aromatic carbocycles. The highest BCUT2D eigenvalue weighted by atomic mass is 79.9. The highest BCUT2D eigenvalue weighted by Crippen LogP contribution is 2.29. The summed E-state index contributed by atoms with van der Waals surface area (Å²) in [6.45, 7) is 2.03. The van der Waals surface area contributed by atoms with E-state index in [-0.39, 0.29) is 5.82 Å². The molecule has 0 saturated heterocycles. The van der Waals surface area contributed by atoms with Gasteiger partial charge >= 0.3 is 0 Å². The van der Waals surface area contributed by atoms with Crippen LogP contribution < -0.4 is 5.73 Å². The zero-order valence-electron chi connectivity index (χ0n) is 9.50. The first kappa shape index (κ1) is 12.1. The van der Waals surface area contributed by atoms with E-state index in [0.29, 0.717) is 10.0 Å². The fourth-order valence-corrected chi connectivity index (χ4v) is 2.17. The zero-order valence-corrected chi connectivity index (χ0v) is 11.1. The Labute approximate surface area is 109 Å². The molecule has 0 heterocycles. The van der Waals surface area contributed by atoms with Crippen LogP contribution >= 0.6 is 15.9 Å². The Morgan fingerprint density at radius 1 is 1.24 bits per heavy atom. The molecule has 17 heavy (non-hydrogen) atoms. The standard InChI is InChI=1S/C14H13BrFN/c1-2-9-8-10(6-7-13(9)17)11-4-3-5-12(15)14(11)16/h3-8H,2,17H2,1H3. The van der Waals surface area contributed by atoms with Crippen LogP contribution in [0.2, 0.25) is 0 Å². The first-order chi connectivity index (χ1) is 8.13. The van der Waals surface area contributed by atoms with Gasteiger partial charge in [0.25, 0.3) is 0 Å². The Hall–Kier alpha value is -1.35. The van der Waals surface area contributed by atoms with E-state index in [1.807, 2.05) is 31.2 Å². The van der Waals surface area contributed by atoms with E-state index in [4.69, 9.17) is 5.73 Å². The van der Waals surface area contributed by atoms with Crippen LogP contribution in [-0.2, 0) is 6.42 Å². The summed E-state index contributed by atoms with van der Waals surface area (Å²) in [5.74, 6) is -0.237. The quantitative estimate of drug-likeness (QED) is 0.816. The van der Waals surface area contributed by atoms with E-state index in [2.05, 4.69) is 15.9 Å². The van der Waals surface area contributed by atoms with E-state index in [9.17, 15) is 4.39 Å². The molecule has 0 aliphatic carbocycles. The third kappa shape index (κ3) is 2.34. The maximum Gasteiger partial charge on any atom is 0.145 e. The van der Waals surface area contributed by atoms with E-state index in [1.54, 1.807) is 12.1 Å². The Balaban J connectivity index is 2.57. The van der Waals surface area contributed by atoms with Gasteiger partial charge in [0.15, 0.2) is 0 Å². The molecule has 2 N–H and O–H groups in total. The number of halogens is 2. The molecule has 0 spiro atoms. The van der Waals surface area contributed by atoms with Crippen LogP contribution in [0.4, 0.5) is 10.1 Å². The van der Waals surface area contributed by atoms with Gasteiger partial charge in [-0.25, -0.2) is 4.39 Å². The summed E-state index contributed by atoms with van der Waals surface area (Å²) in [5, 5.41) is 0. The number of hydrogen-bond acceptors (Lipinski definition) is 1. The molecule has 2 aromatic rings. The maximum absolute atomic E-state index is 13.9. The van der Waals surface area contributed by atoms with Crippen molar-refractivity contribution in [3.05, 3.63) is 52.3 Å². The molecule has 0 aromatic heterocycles. The van der Waals surface area contributed by atoms with E-state index >= 15 is 0 Å². The fourth-order valence-electron chi connectivity index (χ4n) is 1.81. The molecular formula is C14H13BrFN. The third-order valence-corrected chi connectivity index (χ3v) is 3.40. The van der Waals surface area contributed by atoms with Crippen LogP contribution in [0, 0.1) is 5.82 Å². The van der Waals surface area contributed by atoms with Gasteiger partial charge in [0.2, 0.25) is 0 Å². The lowest BCUT2D eigenvalue weighted by Gasteiger charge is -2.08. The van der Waals surface area contributed by atoms with E-state index < -0.39 is 0 Å². The van der Waals surface area contributed by atoms with Crippen LogP contribution in [0.5, 0.6) is 0 Å². The SMILES string of the molecule is CCc1cc(-c2cccc(Br)c2F)ccc1N. The Bertz CT molecular complexity index is 552. The lowest BCUT2D eigenvalue weighted by atomic mass is 10.0. The number of nitrogens with two attached hydrogens (primary N) is 1. The van der Waals surface area contributed by atoms with Gasteiger partial charge < -0.3 is 5.73 Å². The predicted octanol–water partition coefficient (Wildman–Crippen LogP) is 4.40. The van der Waals surface area contributed by atoms with Crippen molar-refractivity contribution in [1.29, 1.82) is 0 Å². The molecule has 88 valence electrons. The van der Waals surface area contributed by atoms with Crippen molar-refractivity contribution in [2.75, 3.05) is 5.73 Å². The summed E-state index contributed by atoms with van der Waals surface area (Å²) in [6, 6.07) is 10.9. The molecule has 0 radical (unpaired) electrons. The molecule has 0 fully saturated rings. The largest absolute Gasteiger partial charge is 0.399 e. The highest BCUT2D eigenvalue weighted by Gasteiger charge is 2.09. The monoisotopic (exact) mass is 293 g/mol. The number of rotatable bonds is 2. The first-order valence-electron chi connectivity index (χ1n) is 5.46. The van der Waals surface area contributed by atoms with Gasteiger partial charge in [-0.3, -0.25) is 0 Å². The van der Waals surface area contributed by atoms with Crippen LogP contribution in [0.15, 0.2) is 40.9 Å². The highest BCUT2D eigenvalue weighted by molar-refractivity contribution is 9.10. The summed E-state index contributed by atoms with van der Waals surface area (Å²) in [4.78, 5) is 0. The number of aryl methyl sites for hydroxylation is 1. The maximum atomic E-state index is 13.9. The molecule has 3 heteroatoms. The summed E-state index contributed by atoms with van der Waals surface area (Å²) >= 11 is 3.19. The smallest absolute Gasteiger partial charge is 0.145 e. The molecule has 0 aliphatic heterocycles.